The zero-order chi connectivity index (χ0) is 22.2. The quantitative estimate of drug-likeness (QED) is 0.664. The summed E-state index contributed by atoms with van der Waals surface area (Å²) < 4.78 is 25.1. The average molecular weight is 460 g/mol. The highest BCUT2D eigenvalue weighted by Gasteiger charge is 2.36. The van der Waals surface area contributed by atoms with E-state index in [4.69, 9.17) is 23.9 Å². The molecule has 0 saturated heterocycles. The van der Waals surface area contributed by atoms with Gasteiger partial charge in [-0.1, -0.05) is 37.4 Å². The Bertz CT molecular complexity index is 1100. The van der Waals surface area contributed by atoms with Gasteiger partial charge in [-0.05, 0) is 25.8 Å². The molecular formula is C23H29N3O5S. The third-order valence-corrected chi connectivity index (χ3v) is 7.56. The van der Waals surface area contributed by atoms with Crippen LogP contribution in [0.4, 0.5) is 5.82 Å². The number of fused-ring (bicyclic) bond motifs is 2. The summed E-state index contributed by atoms with van der Waals surface area (Å²) in [5.41, 5.74) is 1.37. The van der Waals surface area contributed by atoms with E-state index in [2.05, 4.69) is 5.10 Å². The van der Waals surface area contributed by atoms with Crippen LogP contribution in [0, 0.1) is 0 Å². The van der Waals surface area contributed by atoms with Crippen LogP contribution in [0.1, 0.15) is 67.9 Å². The molecule has 1 aromatic carbocycles. The molecule has 9 heteroatoms. The van der Waals surface area contributed by atoms with E-state index in [1.165, 1.54) is 25.7 Å². The number of H-pyrrole nitrogens is 1. The summed E-state index contributed by atoms with van der Waals surface area (Å²) in [6.07, 6.45) is 6.97. The Labute approximate surface area is 191 Å². The van der Waals surface area contributed by atoms with Crippen LogP contribution in [-0.2, 0) is 0 Å². The topological polar surface area (TPSA) is 87.1 Å². The smallest absolute Gasteiger partial charge is 0.271 e. The van der Waals surface area contributed by atoms with Crippen molar-refractivity contribution in [1.29, 1.82) is 0 Å². The monoisotopic (exact) mass is 459 g/mol. The number of nitrogens with one attached hydrogen (secondary N) is 1. The molecule has 32 heavy (non-hydrogen) atoms. The molecule has 1 aliphatic carbocycles. The van der Waals surface area contributed by atoms with E-state index in [1.807, 2.05) is 17.7 Å². The molecular weight excluding hydrogens is 430 g/mol. The maximum Gasteiger partial charge on any atom is 0.271 e. The van der Waals surface area contributed by atoms with Crippen molar-refractivity contribution in [3.05, 3.63) is 27.5 Å². The molecule has 0 amide bonds. The molecule has 0 bridgehead atoms. The second-order valence-corrected chi connectivity index (χ2v) is 9.68. The van der Waals surface area contributed by atoms with Crippen LogP contribution >= 0.6 is 11.8 Å². The highest BCUT2D eigenvalue weighted by Crippen LogP contribution is 2.55. The number of nitrogens with zero attached hydrogens (tertiary/aromatic N) is 2. The Morgan fingerprint density at radius 3 is 2.50 bits per heavy atom. The lowest BCUT2D eigenvalue weighted by Crippen LogP contribution is -2.19. The van der Waals surface area contributed by atoms with Gasteiger partial charge in [0.05, 0.1) is 36.1 Å². The van der Waals surface area contributed by atoms with Crippen molar-refractivity contribution in [2.75, 3.05) is 27.4 Å². The molecule has 5 rings (SSSR count). The van der Waals surface area contributed by atoms with Crippen molar-refractivity contribution in [2.45, 2.75) is 56.7 Å². The standard InChI is InChI=1S/C23H29N3O5S/c1-13-24-22-17(23(27)25-26(22)14-8-6-4-5-7-9-14)21(32-13)15-12-16(28-2)19-20(18(15)29-3)31-11-10-30-19/h12,14,21H,4-11H2,1-3H3,(H,25,27)/t21-/m0/s1. The predicted molar refractivity (Wildman–Crippen MR) is 125 cm³/mol. The zero-order valence-corrected chi connectivity index (χ0v) is 19.5. The number of aromatic nitrogens is 2. The number of thioether (sulfide) groups is 1. The Morgan fingerprint density at radius 1 is 1.09 bits per heavy atom. The first-order valence-corrected chi connectivity index (χ1v) is 12.1. The molecule has 3 aliphatic rings. The van der Waals surface area contributed by atoms with E-state index in [9.17, 15) is 4.79 Å². The van der Waals surface area contributed by atoms with Crippen LogP contribution in [0.2, 0.25) is 0 Å². The Morgan fingerprint density at radius 2 is 1.81 bits per heavy atom. The SMILES string of the molecule is COc1cc([C@@H]2SC(C)=Nc3c2c(=O)[nH]n3C2CCCCCC2)c(OC)c2c1OCCO2. The van der Waals surface area contributed by atoms with E-state index in [-0.39, 0.29) is 16.9 Å². The van der Waals surface area contributed by atoms with E-state index in [1.54, 1.807) is 26.0 Å². The zero-order valence-electron chi connectivity index (χ0n) is 18.7. The average Bonchev–Trinajstić information content (AvgIpc) is 2.97. The van der Waals surface area contributed by atoms with E-state index in [0.717, 1.165) is 29.3 Å². The lowest BCUT2D eigenvalue weighted by Gasteiger charge is -2.28. The van der Waals surface area contributed by atoms with E-state index in [0.29, 0.717) is 41.8 Å². The molecule has 172 valence electrons. The maximum absolute atomic E-state index is 13.3. The molecule has 1 fully saturated rings. The highest BCUT2D eigenvalue weighted by atomic mass is 32.2. The first-order valence-electron chi connectivity index (χ1n) is 11.2. The number of aromatic amines is 1. The van der Waals surface area contributed by atoms with Crippen molar-refractivity contribution in [3.63, 3.8) is 0 Å². The normalized spacial score (nSPS) is 20.8. The fourth-order valence-corrected chi connectivity index (χ4v) is 6.05. The molecule has 2 aromatic rings. The van der Waals surface area contributed by atoms with Crippen molar-refractivity contribution in [2.24, 2.45) is 4.99 Å². The van der Waals surface area contributed by atoms with E-state index >= 15 is 0 Å². The fraction of sp³-hybridized carbons (Fsp3) is 0.565. The van der Waals surface area contributed by atoms with Crippen LogP contribution in [0.3, 0.4) is 0 Å². The Kier molecular flexibility index (Phi) is 5.84. The van der Waals surface area contributed by atoms with Gasteiger partial charge in [0.25, 0.3) is 5.56 Å². The van der Waals surface area contributed by atoms with Crippen LogP contribution < -0.4 is 24.5 Å². The minimum absolute atomic E-state index is 0.103. The van der Waals surface area contributed by atoms with Crippen molar-refractivity contribution in [3.8, 4) is 23.0 Å². The van der Waals surface area contributed by atoms with Gasteiger partial charge in [-0.15, -0.1) is 0 Å². The number of methoxy groups -OCH3 is 2. The van der Waals surface area contributed by atoms with Gasteiger partial charge in [0.1, 0.15) is 13.2 Å². The number of rotatable bonds is 4. The van der Waals surface area contributed by atoms with Gasteiger partial charge in [0, 0.05) is 5.56 Å². The van der Waals surface area contributed by atoms with Gasteiger partial charge in [-0.2, -0.15) is 0 Å². The summed E-state index contributed by atoms with van der Waals surface area (Å²) in [7, 11) is 3.21. The summed E-state index contributed by atoms with van der Waals surface area (Å²) in [5.74, 6) is 2.93. The molecule has 3 heterocycles. The van der Waals surface area contributed by atoms with Crippen LogP contribution in [0.5, 0.6) is 23.0 Å². The van der Waals surface area contributed by atoms with Crippen molar-refractivity contribution < 1.29 is 18.9 Å². The van der Waals surface area contributed by atoms with Gasteiger partial charge >= 0.3 is 0 Å². The summed E-state index contributed by atoms with van der Waals surface area (Å²) in [6.45, 7) is 2.86. The molecule has 1 atom stereocenters. The molecule has 8 nitrogen and oxygen atoms in total. The second kappa shape index (κ2) is 8.77. The third kappa shape index (κ3) is 3.56. The van der Waals surface area contributed by atoms with Crippen molar-refractivity contribution >= 4 is 22.6 Å². The lowest BCUT2D eigenvalue weighted by molar-refractivity contribution is 0.158. The maximum atomic E-state index is 13.3. The minimum Gasteiger partial charge on any atom is -0.493 e. The molecule has 1 N–H and O–H groups in total. The lowest BCUT2D eigenvalue weighted by atomic mass is 10.0. The fourth-order valence-electron chi connectivity index (χ4n) is 4.94. The van der Waals surface area contributed by atoms with Gasteiger partial charge < -0.3 is 18.9 Å². The number of hydrogen-bond acceptors (Lipinski definition) is 7. The van der Waals surface area contributed by atoms with Gasteiger partial charge in [-0.25, -0.2) is 4.99 Å². The number of hydrogen-bond donors (Lipinski definition) is 1. The second-order valence-electron chi connectivity index (χ2n) is 8.38. The Hall–Kier alpha value is -2.55. The first kappa shape index (κ1) is 21.3. The Balaban J connectivity index is 1.66. The van der Waals surface area contributed by atoms with E-state index < -0.39 is 0 Å². The summed E-state index contributed by atoms with van der Waals surface area (Å²) in [6, 6.07) is 2.17. The number of aliphatic imine (C=N–C) groups is 1. The third-order valence-electron chi connectivity index (χ3n) is 6.41. The highest BCUT2D eigenvalue weighted by molar-refractivity contribution is 8.14. The van der Waals surface area contributed by atoms with Crippen molar-refractivity contribution in [1.82, 2.24) is 9.78 Å². The molecule has 0 spiro atoms. The number of ether oxygens (including phenoxy) is 4. The summed E-state index contributed by atoms with van der Waals surface area (Å²) in [5, 5.41) is 3.72. The van der Waals surface area contributed by atoms with Crippen LogP contribution in [0.15, 0.2) is 15.9 Å². The molecule has 0 radical (unpaired) electrons. The van der Waals surface area contributed by atoms with Gasteiger partial charge in [0.2, 0.25) is 11.5 Å². The summed E-state index contributed by atoms with van der Waals surface area (Å²) >= 11 is 1.54. The van der Waals surface area contributed by atoms with Gasteiger partial charge in [0.15, 0.2) is 17.3 Å². The first-order chi connectivity index (χ1) is 15.6. The van der Waals surface area contributed by atoms with Crippen LogP contribution in [-0.4, -0.2) is 42.3 Å². The predicted octanol–water partition coefficient (Wildman–Crippen LogP) is 4.75. The molecule has 2 aliphatic heterocycles. The molecule has 1 aromatic heterocycles. The molecule has 0 unspecified atom stereocenters. The number of benzene rings is 1. The van der Waals surface area contributed by atoms with Gasteiger partial charge in [-0.3, -0.25) is 14.6 Å². The van der Waals surface area contributed by atoms with Crippen LogP contribution in [0.25, 0.3) is 0 Å². The molecule has 1 saturated carbocycles. The minimum atomic E-state index is -0.294. The summed E-state index contributed by atoms with van der Waals surface area (Å²) in [4.78, 5) is 18.1. The largest absolute Gasteiger partial charge is 0.493 e.